The Kier molecular flexibility index (Phi) is 4.37. The first kappa shape index (κ1) is 19.5. The lowest BCUT2D eigenvalue weighted by molar-refractivity contribution is 0.0535. The molecule has 5 heteroatoms. The van der Waals surface area contributed by atoms with E-state index in [2.05, 4.69) is 55.0 Å². The topological polar surface area (TPSA) is 46.0 Å². The van der Waals surface area contributed by atoms with Gasteiger partial charge in [-0.25, -0.2) is 9.50 Å². The molecule has 162 valence electrons. The van der Waals surface area contributed by atoms with Gasteiger partial charge in [-0.3, -0.25) is 0 Å². The van der Waals surface area contributed by atoms with Gasteiger partial charge in [0.1, 0.15) is 11.2 Å². The first-order valence-corrected chi connectivity index (χ1v) is 12.7. The van der Waals surface area contributed by atoms with Crippen LogP contribution in [0.3, 0.4) is 0 Å². The largest absolute Gasteiger partial charge is 0.346 e. The summed E-state index contributed by atoms with van der Waals surface area (Å²) < 4.78 is 1.90. The van der Waals surface area contributed by atoms with E-state index in [9.17, 15) is 0 Å². The first-order valence-electron chi connectivity index (χ1n) is 11.9. The van der Waals surface area contributed by atoms with Crippen LogP contribution in [-0.2, 0) is 0 Å². The number of rotatable bonds is 3. The molecule has 2 aliphatic rings. The maximum absolute atomic E-state index is 4.39. The zero-order valence-electron chi connectivity index (χ0n) is 19.1. The SMILES string of the molecule is Cc1c(C2CC3(CCCCC3)C2)sc2[nH]c(-c3cc(C)c4ncnn4c3)c(C(C)C)c12. The smallest absolute Gasteiger partial charge is 0.158 e. The van der Waals surface area contributed by atoms with E-state index in [1.165, 1.54) is 77.5 Å². The fraction of sp³-hybridized carbons (Fsp3) is 0.538. The van der Waals surface area contributed by atoms with Gasteiger partial charge in [-0.15, -0.1) is 11.3 Å². The van der Waals surface area contributed by atoms with Crippen LogP contribution >= 0.6 is 11.3 Å². The summed E-state index contributed by atoms with van der Waals surface area (Å²) in [5.74, 6) is 1.24. The second-order valence-electron chi connectivity index (χ2n) is 10.5. The number of aromatic nitrogens is 4. The van der Waals surface area contributed by atoms with Crippen LogP contribution in [0, 0.1) is 19.3 Å². The molecule has 4 heterocycles. The predicted octanol–water partition coefficient (Wildman–Crippen LogP) is 7.51. The van der Waals surface area contributed by atoms with Gasteiger partial charge in [0, 0.05) is 22.0 Å². The highest BCUT2D eigenvalue weighted by molar-refractivity contribution is 7.19. The van der Waals surface area contributed by atoms with Gasteiger partial charge in [0.2, 0.25) is 0 Å². The van der Waals surface area contributed by atoms with Crippen molar-refractivity contribution in [3.8, 4) is 11.3 Å². The third-order valence-electron chi connectivity index (χ3n) is 8.03. The zero-order valence-corrected chi connectivity index (χ0v) is 19.9. The van der Waals surface area contributed by atoms with Gasteiger partial charge in [-0.1, -0.05) is 33.1 Å². The summed E-state index contributed by atoms with van der Waals surface area (Å²) in [7, 11) is 0. The summed E-state index contributed by atoms with van der Waals surface area (Å²) in [5.41, 5.74) is 8.22. The minimum absolute atomic E-state index is 0.461. The number of nitrogens with one attached hydrogen (secondary N) is 1. The fourth-order valence-corrected chi connectivity index (χ4v) is 7.88. The lowest BCUT2D eigenvalue weighted by Gasteiger charge is -2.50. The van der Waals surface area contributed by atoms with Crippen molar-refractivity contribution in [2.75, 3.05) is 0 Å². The van der Waals surface area contributed by atoms with Crippen molar-refractivity contribution in [1.29, 1.82) is 0 Å². The van der Waals surface area contributed by atoms with Crippen molar-refractivity contribution in [1.82, 2.24) is 19.6 Å². The van der Waals surface area contributed by atoms with Gasteiger partial charge in [0.25, 0.3) is 0 Å². The molecule has 1 N–H and O–H groups in total. The summed E-state index contributed by atoms with van der Waals surface area (Å²) in [6.07, 6.45) is 13.9. The minimum Gasteiger partial charge on any atom is -0.346 e. The molecular formula is C26H32N4S. The van der Waals surface area contributed by atoms with Crippen molar-refractivity contribution in [2.24, 2.45) is 5.41 Å². The molecule has 2 aliphatic carbocycles. The highest BCUT2D eigenvalue weighted by atomic mass is 32.1. The second kappa shape index (κ2) is 6.93. The van der Waals surface area contributed by atoms with Crippen molar-refractivity contribution in [3.63, 3.8) is 0 Å². The van der Waals surface area contributed by atoms with E-state index in [0.29, 0.717) is 11.3 Å². The molecule has 0 aromatic carbocycles. The quantitative estimate of drug-likeness (QED) is 0.364. The number of H-pyrrole nitrogens is 1. The molecule has 2 fully saturated rings. The molecule has 6 rings (SSSR count). The molecule has 2 saturated carbocycles. The highest BCUT2D eigenvalue weighted by Gasteiger charge is 2.46. The summed E-state index contributed by atoms with van der Waals surface area (Å²) in [6.45, 7) is 9.14. The molecule has 0 amide bonds. The monoisotopic (exact) mass is 432 g/mol. The van der Waals surface area contributed by atoms with Gasteiger partial charge in [-0.05, 0) is 79.5 Å². The summed E-state index contributed by atoms with van der Waals surface area (Å²) >= 11 is 2.02. The number of thiophene rings is 1. The van der Waals surface area contributed by atoms with E-state index in [1.807, 2.05) is 15.9 Å². The standard InChI is InChI=1S/C26H32N4S/c1-15(2)20-21-17(4)23(19-11-26(12-19)8-6-5-7-9-26)31-25(21)29-22(20)18-10-16(3)24-27-14-28-30(24)13-18/h10,13-15,19,29H,5-9,11-12H2,1-4H3. The Morgan fingerprint density at radius 1 is 1.16 bits per heavy atom. The predicted molar refractivity (Wildman–Crippen MR) is 129 cm³/mol. The number of aryl methyl sites for hydroxylation is 2. The molecule has 0 unspecified atom stereocenters. The highest BCUT2D eigenvalue weighted by Crippen LogP contribution is 2.60. The third kappa shape index (κ3) is 2.92. The van der Waals surface area contributed by atoms with Crippen LogP contribution in [0.25, 0.3) is 27.1 Å². The zero-order chi connectivity index (χ0) is 21.3. The Bertz CT molecular complexity index is 1270. The average Bonchev–Trinajstić information content (AvgIpc) is 3.41. The molecule has 4 aromatic rings. The van der Waals surface area contributed by atoms with Gasteiger partial charge in [-0.2, -0.15) is 5.10 Å². The van der Waals surface area contributed by atoms with Crippen LogP contribution < -0.4 is 0 Å². The van der Waals surface area contributed by atoms with E-state index in [1.54, 1.807) is 11.2 Å². The lowest BCUT2D eigenvalue weighted by Crippen LogP contribution is -2.37. The Morgan fingerprint density at radius 3 is 2.68 bits per heavy atom. The van der Waals surface area contributed by atoms with Crippen LogP contribution in [0.5, 0.6) is 0 Å². The lowest BCUT2D eigenvalue weighted by atomic mass is 9.55. The molecule has 31 heavy (non-hydrogen) atoms. The van der Waals surface area contributed by atoms with Gasteiger partial charge in [0.05, 0.1) is 5.69 Å². The van der Waals surface area contributed by atoms with Crippen molar-refractivity contribution < 1.29 is 0 Å². The maximum Gasteiger partial charge on any atom is 0.158 e. The second-order valence-corrected chi connectivity index (χ2v) is 11.5. The van der Waals surface area contributed by atoms with E-state index < -0.39 is 0 Å². The third-order valence-corrected chi connectivity index (χ3v) is 9.40. The van der Waals surface area contributed by atoms with Crippen molar-refractivity contribution >= 4 is 27.2 Å². The summed E-state index contributed by atoms with van der Waals surface area (Å²) in [6, 6.07) is 2.25. The Hall–Kier alpha value is -2.14. The average molecular weight is 433 g/mol. The molecule has 0 radical (unpaired) electrons. The van der Waals surface area contributed by atoms with Crippen molar-refractivity contribution in [3.05, 3.63) is 40.2 Å². The molecule has 0 saturated heterocycles. The van der Waals surface area contributed by atoms with Gasteiger partial charge < -0.3 is 4.98 Å². The number of pyridine rings is 1. The number of nitrogens with zero attached hydrogens (tertiary/aromatic N) is 3. The van der Waals surface area contributed by atoms with Gasteiger partial charge in [0.15, 0.2) is 5.65 Å². The van der Waals surface area contributed by atoms with E-state index in [-0.39, 0.29) is 0 Å². The molecule has 0 aliphatic heterocycles. The molecule has 0 bridgehead atoms. The van der Waals surface area contributed by atoms with Crippen LogP contribution in [-0.4, -0.2) is 19.6 Å². The minimum atomic E-state index is 0.461. The van der Waals surface area contributed by atoms with Gasteiger partial charge >= 0.3 is 0 Å². The Labute approximate surface area is 188 Å². The van der Waals surface area contributed by atoms with Crippen LogP contribution in [0.15, 0.2) is 18.6 Å². The molecule has 0 atom stereocenters. The normalized spacial score (nSPS) is 19.1. The number of aromatic amines is 1. The first-order chi connectivity index (χ1) is 15.0. The fourth-order valence-electron chi connectivity index (χ4n) is 6.56. The van der Waals surface area contributed by atoms with E-state index >= 15 is 0 Å². The van der Waals surface area contributed by atoms with Crippen LogP contribution in [0.2, 0.25) is 0 Å². The Balaban J connectivity index is 1.42. The van der Waals surface area contributed by atoms with E-state index in [4.69, 9.17) is 0 Å². The van der Waals surface area contributed by atoms with Crippen LogP contribution in [0.1, 0.15) is 92.2 Å². The Morgan fingerprint density at radius 2 is 1.94 bits per heavy atom. The maximum atomic E-state index is 4.39. The van der Waals surface area contributed by atoms with Crippen LogP contribution in [0.4, 0.5) is 0 Å². The molecule has 4 nitrogen and oxygen atoms in total. The van der Waals surface area contributed by atoms with Crippen molar-refractivity contribution in [2.45, 2.75) is 84.5 Å². The number of fused-ring (bicyclic) bond motifs is 2. The molecule has 4 aromatic heterocycles. The summed E-state index contributed by atoms with van der Waals surface area (Å²) in [5, 5.41) is 5.87. The number of hydrogen-bond donors (Lipinski definition) is 1. The van der Waals surface area contributed by atoms with E-state index in [0.717, 1.165) is 17.1 Å². The molecule has 1 spiro atoms. The summed E-state index contributed by atoms with van der Waals surface area (Å²) in [4.78, 5) is 11.2. The molecular weight excluding hydrogens is 400 g/mol. The number of hydrogen-bond acceptors (Lipinski definition) is 3.